The second-order valence-electron chi connectivity index (χ2n) is 9.86. The summed E-state index contributed by atoms with van der Waals surface area (Å²) < 4.78 is 30.3. The van der Waals surface area contributed by atoms with Crippen molar-refractivity contribution in [3.05, 3.63) is 141 Å². The van der Waals surface area contributed by atoms with E-state index in [0.717, 1.165) is 4.57 Å². The third kappa shape index (κ3) is 5.98. The van der Waals surface area contributed by atoms with Crippen LogP contribution in [-0.2, 0) is 18.9 Å². The number of hydrogen-bond acceptors (Lipinski definition) is 9. The van der Waals surface area contributed by atoms with Gasteiger partial charge in [-0.25, -0.2) is 23.7 Å². The van der Waals surface area contributed by atoms with Crippen LogP contribution in [0.3, 0.4) is 0 Å². The van der Waals surface area contributed by atoms with Crippen LogP contribution in [0.25, 0.3) is 11.1 Å². The van der Waals surface area contributed by atoms with Crippen molar-refractivity contribution >= 4 is 40.6 Å². The predicted octanol–water partition coefficient (Wildman–Crippen LogP) is 5.45. The van der Waals surface area contributed by atoms with Gasteiger partial charge in [-0.15, -0.1) is 0 Å². The lowest BCUT2D eigenvalue weighted by Crippen LogP contribution is -2.56. The van der Waals surface area contributed by atoms with Gasteiger partial charge >= 0.3 is 23.7 Å². The van der Waals surface area contributed by atoms with Crippen molar-refractivity contribution in [1.29, 1.82) is 0 Å². The van der Waals surface area contributed by atoms with Crippen LogP contribution in [0, 0.1) is 0 Å². The molecule has 4 atom stereocenters. The highest BCUT2D eigenvalue weighted by molar-refractivity contribution is 6.31. The van der Waals surface area contributed by atoms with Crippen molar-refractivity contribution < 1.29 is 37.7 Å². The summed E-state index contributed by atoms with van der Waals surface area (Å²) in [5.74, 6) is -3.11. The summed E-state index contributed by atoms with van der Waals surface area (Å²) in [5, 5.41) is 0.331. The number of halogens is 1. The van der Waals surface area contributed by atoms with Gasteiger partial charge in [-0.2, -0.15) is 0 Å². The molecule has 10 nitrogen and oxygen atoms in total. The highest BCUT2D eigenvalue weighted by Gasteiger charge is 2.49. The van der Waals surface area contributed by atoms with Crippen LogP contribution in [-0.4, -0.2) is 47.4 Å². The van der Waals surface area contributed by atoms with E-state index < -0.39 is 48.2 Å². The smallest absolute Gasteiger partial charge is 0.422 e. The van der Waals surface area contributed by atoms with E-state index in [9.17, 15) is 19.2 Å². The molecular formula is C33H24ClNO9. The molecule has 1 saturated heterocycles. The molecule has 0 saturated carbocycles. The molecule has 1 fully saturated rings. The fraction of sp³-hybridized carbons (Fsp3) is 0.152. The first-order valence-electron chi connectivity index (χ1n) is 13.6. The Morgan fingerprint density at radius 2 is 1.18 bits per heavy atom. The first-order valence-corrected chi connectivity index (χ1v) is 14.0. The molecular weight excluding hydrogens is 590 g/mol. The van der Waals surface area contributed by atoms with Crippen molar-refractivity contribution in [1.82, 2.24) is 4.57 Å². The SMILES string of the molecule is O=C(O[C@@H]1[C@H](OC(=O)c2ccccc2)[C@H](OC(=O)c2ccccc2)CO[C@H]1n1c(=O)oc2cc(Cl)ccc21)c1ccccc1. The molecule has 0 spiro atoms. The summed E-state index contributed by atoms with van der Waals surface area (Å²) in [7, 11) is 0. The monoisotopic (exact) mass is 613 g/mol. The molecule has 0 N–H and O–H groups in total. The maximum atomic E-state index is 13.4. The van der Waals surface area contributed by atoms with E-state index in [1.165, 1.54) is 6.07 Å². The Morgan fingerprint density at radius 1 is 0.682 bits per heavy atom. The highest BCUT2D eigenvalue weighted by atomic mass is 35.5. The number of esters is 3. The molecule has 0 bridgehead atoms. The lowest BCUT2D eigenvalue weighted by molar-refractivity contribution is -0.212. The van der Waals surface area contributed by atoms with Gasteiger partial charge in [-0.05, 0) is 48.5 Å². The van der Waals surface area contributed by atoms with Crippen LogP contribution in [0.2, 0.25) is 5.02 Å². The summed E-state index contributed by atoms with van der Waals surface area (Å²) in [5.41, 5.74) is 1.10. The summed E-state index contributed by atoms with van der Waals surface area (Å²) in [6.07, 6.45) is -5.47. The van der Waals surface area contributed by atoms with Gasteiger partial charge in [-0.1, -0.05) is 66.2 Å². The van der Waals surface area contributed by atoms with E-state index in [-0.39, 0.29) is 34.4 Å². The van der Waals surface area contributed by atoms with E-state index in [0.29, 0.717) is 5.02 Å². The van der Waals surface area contributed by atoms with E-state index in [1.807, 2.05) is 0 Å². The van der Waals surface area contributed by atoms with E-state index in [1.54, 1.807) is 103 Å². The van der Waals surface area contributed by atoms with Gasteiger partial charge < -0.3 is 23.4 Å². The fourth-order valence-electron chi connectivity index (χ4n) is 4.91. The van der Waals surface area contributed by atoms with Crippen LogP contribution >= 0.6 is 11.6 Å². The van der Waals surface area contributed by atoms with Gasteiger partial charge in [0, 0.05) is 11.1 Å². The first kappa shape index (κ1) is 28.9. The largest absolute Gasteiger partial charge is 0.452 e. The molecule has 0 aliphatic carbocycles. The number of ether oxygens (including phenoxy) is 4. The van der Waals surface area contributed by atoms with Crippen molar-refractivity contribution in [3.63, 3.8) is 0 Å². The maximum absolute atomic E-state index is 13.4. The summed E-state index contributed by atoms with van der Waals surface area (Å²) in [6, 6.07) is 29.1. The minimum atomic E-state index is -1.48. The Balaban J connectivity index is 1.43. The number of aromatic nitrogens is 1. The topological polar surface area (TPSA) is 123 Å². The lowest BCUT2D eigenvalue weighted by Gasteiger charge is -2.40. The standard InChI is InChI=1S/C33H24ClNO9/c34-23-16-17-24-25(18-23)42-33(39)35(24)29-28(44-32(38)22-14-8-3-9-15-22)27(43-31(37)21-12-6-2-7-13-21)26(19-40-29)41-30(36)20-10-4-1-5-11-20/h1-18,26-29H,19H2/t26-,27-,28-,29-/m1/s1. The Bertz CT molecular complexity index is 1850. The fourth-order valence-corrected chi connectivity index (χ4v) is 5.07. The lowest BCUT2D eigenvalue weighted by atomic mass is 10.0. The van der Waals surface area contributed by atoms with Crippen LogP contribution < -0.4 is 5.76 Å². The zero-order chi connectivity index (χ0) is 30.6. The Hall–Kier alpha value is -5.19. The highest BCUT2D eigenvalue weighted by Crippen LogP contribution is 2.34. The average molecular weight is 614 g/mol. The molecule has 44 heavy (non-hydrogen) atoms. The molecule has 222 valence electrons. The number of fused-ring (bicyclic) bond motifs is 1. The van der Waals surface area contributed by atoms with Crippen LogP contribution in [0.5, 0.6) is 0 Å². The normalized spacial score (nSPS) is 19.7. The van der Waals surface area contributed by atoms with Crippen LogP contribution in [0.4, 0.5) is 0 Å². The molecule has 1 aliphatic rings. The number of nitrogens with zero attached hydrogens (tertiary/aromatic N) is 1. The number of rotatable bonds is 7. The number of hydrogen-bond donors (Lipinski definition) is 0. The van der Waals surface area contributed by atoms with E-state index in [2.05, 4.69) is 0 Å². The second kappa shape index (κ2) is 12.6. The third-order valence-corrected chi connectivity index (χ3v) is 7.24. The molecule has 0 radical (unpaired) electrons. The molecule has 0 unspecified atom stereocenters. The molecule has 1 aliphatic heterocycles. The first-order chi connectivity index (χ1) is 21.4. The molecule has 0 amide bonds. The van der Waals surface area contributed by atoms with Gasteiger partial charge in [0.25, 0.3) is 0 Å². The molecule has 2 heterocycles. The number of carbonyl (C=O) groups excluding carboxylic acids is 3. The summed E-state index contributed by atoms with van der Waals surface area (Å²) >= 11 is 6.11. The van der Waals surface area contributed by atoms with E-state index in [4.69, 9.17) is 35.0 Å². The second-order valence-corrected chi connectivity index (χ2v) is 10.3. The van der Waals surface area contributed by atoms with E-state index >= 15 is 0 Å². The van der Waals surface area contributed by atoms with Crippen molar-refractivity contribution in [2.75, 3.05) is 6.61 Å². The quantitative estimate of drug-likeness (QED) is 0.174. The third-order valence-electron chi connectivity index (χ3n) is 7.01. The van der Waals surface area contributed by atoms with Crippen molar-refractivity contribution in [3.8, 4) is 0 Å². The zero-order valence-electron chi connectivity index (χ0n) is 22.9. The molecule has 4 aromatic carbocycles. The minimum Gasteiger partial charge on any atom is -0.452 e. The van der Waals surface area contributed by atoms with Crippen molar-refractivity contribution in [2.45, 2.75) is 24.5 Å². The average Bonchev–Trinajstić information content (AvgIpc) is 3.37. The van der Waals surface area contributed by atoms with Crippen LogP contribution in [0.1, 0.15) is 37.3 Å². The molecule has 6 rings (SSSR count). The molecule has 11 heteroatoms. The van der Waals surface area contributed by atoms with Gasteiger partial charge in [0.15, 0.2) is 30.1 Å². The molecule has 1 aromatic heterocycles. The minimum absolute atomic E-state index is 0.162. The Kier molecular flexibility index (Phi) is 8.27. The predicted molar refractivity (Wildman–Crippen MR) is 157 cm³/mol. The van der Waals surface area contributed by atoms with Gasteiger partial charge in [0.1, 0.15) is 0 Å². The van der Waals surface area contributed by atoms with Gasteiger partial charge in [0.05, 0.1) is 28.8 Å². The van der Waals surface area contributed by atoms with Gasteiger partial charge in [0.2, 0.25) is 0 Å². The zero-order valence-corrected chi connectivity index (χ0v) is 23.7. The molecule has 5 aromatic rings. The Morgan fingerprint density at radius 3 is 1.73 bits per heavy atom. The Labute approximate surface area is 255 Å². The van der Waals surface area contributed by atoms with Crippen molar-refractivity contribution in [2.24, 2.45) is 0 Å². The summed E-state index contributed by atoms with van der Waals surface area (Å²) in [6.45, 7) is -0.317. The van der Waals surface area contributed by atoms with Gasteiger partial charge in [-0.3, -0.25) is 0 Å². The number of carbonyl (C=O) groups is 3. The maximum Gasteiger partial charge on any atom is 0.422 e. The number of benzene rings is 4. The summed E-state index contributed by atoms with van der Waals surface area (Å²) in [4.78, 5) is 53.1. The number of oxazole rings is 1. The van der Waals surface area contributed by atoms with Crippen LogP contribution in [0.15, 0.2) is 118 Å².